The van der Waals surface area contributed by atoms with Crippen molar-refractivity contribution in [3.63, 3.8) is 0 Å². The Labute approximate surface area is 266 Å². The molecule has 7 nitrogen and oxygen atoms in total. The molecule has 4 aromatic rings. The molecule has 45 heavy (non-hydrogen) atoms. The number of hydrogen-bond donors (Lipinski definition) is 2. The number of ether oxygens (including phenoxy) is 3. The Hall–Kier alpha value is -4.17. The first-order valence-electron chi connectivity index (χ1n) is 15.7. The van der Waals surface area contributed by atoms with E-state index in [4.69, 9.17) is 14.2 Å². The van der Waals surface area contributed by atoms with Crippen molar-refractivity contribution in [2.45, 2.75) is 51.0 Å². The van der Waals surface area contributed by atoms with Gasteiger partial charge in [0.2, 0.25) is 0 Å². The van der Waals surface area contributed by atoms with Crippen LogP contribution in [0.5, 0.6) is 11.5 Å². The average molecular weight is 609 g/mol. The lowest BCUT2D eigenvalue weighted by molar-refractivity contribution is -0.130. The fraction of sp³-hybridized carbons (Fsp3) is 0.342. The molecule has 4 aromatic carbocycles. The number of rotatable bonds is 15. The number of amides is 1. The van der Waals surface area contributed by atoms with E-state index in [1.807, 2.05) is 66.7 Å². The van der Waals surface area contributed by atoms with Gasteiger partial charge in [0.25, 0.3) is 5.91 Å². The molecule has 0 saturated carbocycles. The molecule has 0 aromatic heterocycles. The second kappa shape index (κ2) is 16.2. The number of nitrogens with one attached hydrogen (secondary N) is 1. The molecular formula is C38H44N2O5. The Balaban J connectivity index is 1.18. The van der Waals surface area contributed by atoms with E-state index in [2.05, 4.69) is 35.6 Å². The van der Waals surface area contributed by atoms with Crippen LogP contribution in [0.25, 0.3) is 0 Å². The van der Waals surface area contributed by atoms with Crippen molar-refractivity contribution in [3.8, 4) is 11.5 Å². The van der Waals surface area contributed by atoms with E-state index in [-0.39, 0.29) is 18.6 Å². The van der Waals surface area contributed by atoms with Crippen molar-refractivity contribution in [3.05, 3.63) is 130 Å². The van der Waals surface area contributed by atoms with Gasteiger partial charge in [-0.2, -0.15) is 0 Å². The van der Waals surface area contributed by atoms with Gasteiger partial charge in [-0.15, -0.1) is 0 Å². The normalized spacial score (nSPS) is 14.8. The third-order valence-electron chi connectivity index (χ3n) is 8.20. The molecule has 0 spiro atoms. The lowest BCUT2D eigenvalue weighted by atomic mass is 9.88. The molecule has 0 bridgehead atoms. The molecular weight excluding hydrogens is 564 g/mol. The first-order valence-corrected chi connectivity index (χ1v) is 15.7. The van der Waals surface area contributed by atoms with Gasteiger partial charge in [0.1, 0.15) is 18.1 Å². The number of carbonyl (C=O) groups is 1. The average Bonchev–Trinajstić information content (AvgIpc) is 3.08. The monoisotopic (exact) mass is 608 g/mol. The van der Waals surface area contributed by atoms with E-state index in [0.717, 1.165) is 47.3 Å². The number of benzene rings is 4. The van der Waals surface area contributed by atoms with Gasteiger partial charge in [-0.3, -0.25) is 4.79 Å². The molecule has 0 saturated heterocycles. The van der Waals surface area contributed by atoms with Crippen LogP contribution in [-0.4, -0.2) is 55.8 Å². The van der Waals surface area contributed by atoms with Crippen LogP contribution in [0.4, 0.5) is 0 Å². The topological polar surface area (TPSA) is 80.3 Å². The molecule has 0 fully saturated rings. The molecule has 0 radical (unpaired) electrons. The minimum atomic E-state index is -0.662. The maximum Gasteiger partial charge on any atom is 0.259 e. The third-order valence-corrected chi connectivity index (χ3v) is 8.20. The smallest absolute Gasteiger partial charge is 0.259 e. The Morgan fingerprint density at radius 2 is 1.62 bits per heavy atom. The maximum atomic E-state index is 11.9. The molecule has 1 aliphatic rings. The summed E-state index contributed by atoms with van der Waals surface area (Å²) in [7, 11) is 3.44. The summed E-state index contributed by atoms with van der Waals surface area (Å²) in [6, 6.07) is 32.6. The molecule has 5 rings (SSSR count). The minimum Gasteiger partial charge on any atom is -0.489 e. The summed E-state index contributed by atoms with van der Waals surface area (Å²) in [6.45, 7) is 2.05. The predicted octanol–water partition coefficient (Wildman–Crippen LogP) is 5.67. The standard InChI is InChI=1S/C38H44N2O5/c1-40(2)38(42)27-44-35-17-14-30-13-16-34(22-33(30)23-35)39-24-36(41)31-15-18-37(45-26-29-11-7-4-8-12-29)32(21-31)19-20-43-25-28-9-5-3-6-10-28/h3-12,14-15,17-18,21,23,34,36,39,41H,13,16,19-20,22,24-27H2,1-2H3/t34-,36+/m1/s1. The molecule has 2 N–H and O–H groups in total. The lowest BCUT2D eigenvalue weighted by Gasteiger charge is -2.27. The van der Waals surface area contributed by atoms with Gasteiger partial charge >= 0.3 is 0 Å². The van der Waals surface area contributed by atoms with Crippen molar-refractivity contribution in [1.29, 1.82) is 0 Å². The van der Waals surface area contributed by atoms with Gasteiger partial charge in [0.05, 0.1) is 19.3 Å². The van der Waals surface area contributed by atoms with Gasteiger partial charge in [-0.25, -0.2) is 0 Å². The summed E-state index contributed by atoms with van der Waals surface area (Å²) in [5.41, 5.74) is 6.65. The maximum absolute atomic E-state index is 11.9. The van der Waals surface area contributed by atoms with Crippen LogP contribution in [0.1, 0.15) is 45.9 Å². The summed E-state index contributed by atoms with van der Waals surface area (Å²) >= 11 is 0. The largest absolute Gasteiger partial charge is 0.489 e. The number of hydrogen-bond acceptors (Lipinski definition) is 6. The summed E-state index contributed by atoms with van der Waals surface area (Å²) in [6.07, 6.45) is 2.81. The SMILES string of the molecule is CN(C)C(=O)COc1ccc2c(c1)C[C@H](NC[C@H](O)c1ccc(OCc3ccccc3)c(CCOCc3ccccc3)c1)CC2. The quantitative estimate of drug-likeness (QED) is 0.169. The Bertz CT molecular complexity index is 1510. The van der Waals surface area contributed by atoms with Crippen LogP contribution in [0.3, 0.4) is 0 Å². The first kappa shape index (κ1) is 32.2. The lowest BCUT2D eigenvalue weighted by Crippen LogP contribution is -2.37. The fourth-order valence-electron chi connectivity index (χ4n) is 5.49. The van der Waals surface area contributed by atoms with Crippen LogP contribution in [0.15, 0.2) is 97.1 Å². The van der Waals surface area contributed by atoms with Crippen molar-refractivity contribution in [2.75, 3.05) is 33.9 Å². The first-order chi connectivity index (χ1) is 21.9. The summed E-state index contributed by atoms with van der Waals surface area (Å²) in [4.78, 5) is 13.5. The number of nitrogens with zero attached hydrogens (tertiary/aromatic N) is 1. The van der Waals surface area contributed by atoms with Crippen LogP contribution < -0.4 is 14.8 Å². The molecule has 0 heterocycles. The van der Waals surface area contributed by atoms with Gasteiger partial charge in [-0.05, 0) is 83.3 Å². The van der Waals surface area contributed by atoms with Crippen LogP contribution in [-0.2, 0) is 42.0 Å². The summed E-state index contributed by atoms with van der Waals surface area (Å²) in [5, 5.41) is 14.8. The van der Waals surface area contributed by atoms with Gasteiger partial charge < -0.3 is 29.5 Å². The van der Waals surface area contributed by atoms with Gasteiger partial charge in [0, 0.05) is 26.7 Å². The molecule has 1 aliphatic carbocycles. The molecule has 7 heteroatoms. The van der Waals surface area contributed by atoms with Crippen molar-refractivity contribution < 1.29 is 24.1 Å². The molecule has 1 amide bonds. The number of carbonyl (C=O) groups excluding carboxylic acids is 1. The Morgan fingerprint density at radius 1 is 0.889 bits per heavy atom. The predicted molar refractivity (Wildman–Crippen MR) is 176 cm³/mol. The van der Waals surface area contributed by atoms with Crippen LogP contribution >= 0.6 is 0 Å². The molecule has 0 unspecified atom stereocenters. The minimum absolute atomic E-state index is 0.0247. The van der Waals surface area contributed by atoms with Gasteiger partial charge in [-0.1, -0.05) is 72.8 Å². The second-order valence-corrected chi connectivity index (χ2v) is 11.8. The fourth-order valence-corrected chi connectivity index (χ4v) is 5.49. The molecule has 2 atom stereocenters. The zero-order valence-corrected chi connectivity index (χ0v) is 26.3. The highest BCUT2D eigenvalue weighted by molar-refractivity contribution is 5.77. The number of aliphatic hydroxyl groups is 1. The Kier molecular flexibility index (Phi) is 11.6. The van der Waals surface area contributed by atoms with Crippen molar-refractivity contribution in [1.82, 2.24) is 10.2 Å². The molecule has 236 valence electrons. The highest BCUT2D eigenvalue weighted by Gasteiger charge is 2.21. The number of likely N-dealkylation sites (N-methyl/N-ethyl adjacent to an activating group) is 1. The van der Waals surface area contributed by atoms with E-state index in [1.165, 1.54) is 16.0 Å². The summed E-state index contributed by atoms with van der Waals surface area (Å²) in [5.74, 6) is 1.44. The summed E-state index contributed by atoms with van der Waals surface area (Å²) < 4.78 is 18.0. The number of aliphatic hydroxyl groups excluding tert-OH is 1. The number of aryl methyl sites for hydroxylation is 1. The van der Waals surface area contributed by atoms with Gasteiger partial charge in [0.15, 0.2) is 6.61 Å². The van der Waals surface area contributed by atoms with E-state index in [9.17, 15) is 9.90 Å². The van der Waals surface area contributed by atoms with Crippen molar-refractivity contribution >= 4 is 5.91 Å². The highest BCUT2D eigenvalue weighted by atomic mass is 16.5. The van der Waals surface area contributed by atoms with E-state index >= 15 is 0 Å². The van der Waals surface area contributed by atoms with E-state index < -0.39 is 6.10 Å². The van der Waals surface area contributed by atoms with Crippen LogP contribution in [0.2, 0.25) is 0 Å². The third kappa shape index (κ3) is 9.66. The zero-order valence-electron chi connectivity index (χ0n) is 26.3. The molecule has 0 aliphatic heterocycles. The van der Waals surface area contributed by atoms with Crippen LogP contribution in [0, 0.1) is 0 Å². The highest BCUT2D eigenvalue weighted by Crippen LogP contribution is 2.28. The number of fused-ring (bicyclic) bond motifs is 1. The van der Waals surface area contributed by atoms with Crippen molar-refractivity contribution in [2.24, 2.45) is 0 Å². The second-order valence-electron chi connectivity index (χ2n) is 11.8. The zero-order chi connectivity index (χ0) is 31.4. The van der Waals surface area contributed by atoms with E-state index in [0.29, 0.717) is 38.5 Å². The van der Waals surface area contributed by atoms with E-state index in [1.54, 1.807) is 14.1 Å². The Morgan fingerprint density at radius 3 is 2.36 bits per heavy atom.